The summed E-state index contributed by atoms with van der Waals surface area (Å²) < 4.78 is 7.89. The van der Waals surface area contributed by atoms with Crippen molar-refractivity contribution in [3.63, 3.8) is 0 Å². The van der Waals surface area contributed by atoms with Gasteiger partial charge in [-0.15, -0.1) is 0 Å². The molecule has 3 aromatic rings. The first-order valence-electron chi connectivity index (χ1n) is 10.2. The molecule has 0 aliphatic carbocycles. The van der Waals surface area contributed by atoms with Crippen LogP contribution in [0.4, 0.5) is 5.69 Å². The van der Waals surface area contributed by atoms with Crippen LogP contribution in [0, 0.1) is 0 Å². The van der Waals surface area contributed by atoms with Gasteiger partial charge in [-0.25, -0.2) is 14.8 Å². The molecule has 0 saturated heterocycles. The van der Waals surface area contributed by atoms with Gasteiger partial charge in [-0.3, -0.25) is 18.7 Å². The molecular formula is C22H27N5O4S. The van der Waals surface area contributed by atoms with Crippen LogP contribution in [0.25, 0.3) is 11.0 Å². The topological polar surface area (TPSA) is 108 Å². The molecule has 2 heterocycles. The Morgan fingerprint density at radius 1 is 1.12 bits per heavy atom. The molecule has 10 heteroatoms. The summed E-state index contributed by atoms with van der Waals surface area (Å²) in [6.45, 7) is 8.18. The summed E-state index contributed by atoms with van der Waals surface area (Å²) in [6.07, 6.45) is 0. The predicted octanol–water partition coefficient (Wildman–Crippen LogP) is 2.45. The number of thioether (sulfide) groups is 1. The lowest BCUT2D eigenvalue weighted by Crippen LogP contribution is -2.38. The van der Waals surface area contributed by atoms with Crippen molar-refractivity contribution < 1.29 is 9.53 Å². The number of benzene rings is 1. The standard InChI is InChI=1S/C22H27N5O4S/c1-7-31-14-11-9-8-10-13(14)23-15(28)12-32-18-16-17(24-20(25-18)22(2,3)4)26(5)21(30)27(6)19(16)29/h8-11H,7,12H2,1-6H3,(H,23,28). The van der Waals surface area contributed by atoms with Gasteiger partial charge in [0.25, 0.3) is 5.56 Å². The van der Waals surface area contributed by atoms with E-state index in [-0.39, 0.29) is 22.7 Å². The first-order chi connectivity index (χ1) is 15.0. The molecular weight excluding hydrogens is 430 g/mol. The van der Waals surface area contributed by atoms with Crippen LogP contribution in [0.15, 0.2) is 38.9 Å². The molecule has 0 bridgehead atoms. The first kappa shape index (κ1) is 23.5. The lowest BCUT2D eigenvalue weighted by molar-refractivity contribution is -0.113. The molecule has 0 unspecified atom stereocenters. The predicted molar refractivity (Wildman–Crippen MR) is 126 cm³/mol. The molecule has 32 heavy (non-hydrogen) atoms. The number of carbonyl (C=O) groups is 1. The molecule has 0 saturated carbocycles. The van der Waals surface area contributed by atoms with Gasteiger partial charge in [0.15, 0.2) is 5.65 Å². The third-order valence-electron chi connectivity index (χ3n) is 4.74. The Kier molecular flexibility index (Phi) is 6.73. The molecule has 0 spiro atoms. The average Bonchev–Trinajstić information content (AvgIpc) is 2.75. The summed E-state index contributed by atoms with van der Waals surface area (Å²) in [6, 6.07) is 7.18. The van der Waals surface area contributed by atoms with Gasteiger partial charge >= 0.3 is 5.69 Å². The van der Waals surface area contributed by atoms with Gasteiger partial charge in [0.2, 0.25) is 5.91 Å². The number of rotatable bonds is 6. The van der Waals surface area contributed by atoms with Gasteiger partial charge in [-0.2, -0.15) is 0 Å². The van der Waals surface area contributed by atoms with Crippen LogP contribution in [0.3, 0.4) is 0 Å². The zero-order valence-corrected chi connectivity index (χ0v) is 19.9. The van der Waals surface area contributed by atoms with Gasteiger partial charge < -0.3 is 10.1 Å². The average molecular weight is 458 g/mol. The zero-order valence-electron chi connectivity index (χ0n) is 19.1. The Bertz CT molecular complexity index is 1290. The Morgan fingerprint density at radius 2 is 1.81 bits per heavy atom. The van der Waals surface area contributed by atoms with Gasteiger partial charge in [0, 0.05) is 19.5 Å². The van der Waals surface area contributed by atoms with Crippen molar-refractivity contribution >= 4 is 34.4 Å². The number of aromatic nitrogens is 4. The van der Waals surface area contributed by atoms with Crippen LogP contribution < -0.4 is 21.3 Å². The summed E-state index contributed by atoms with van der Waals surface area (Å²) in [5.41, 5.74) is -0.557. The number of hydrogen-bond donors (Lipinski definition) is 1. The van der Waals surface area contributed by atoms with Gasteiger partial charge in [0.05, 0.1) is 18.0 Å². The molecule has 0 aliphatic rings. The van der Waals surface area contributed by atoms with E-state index in [4.69, 9.17) is 4.74 Å². The van der Waals surface area contributed by atoms with Crippen LogP contribution in [0.5, 0.6) is 5.75 Å². The molecule has 1 amide bonds. The van der Waals surface area contributed by atoms with Crippen molar-refractivity contribution in [2.75, 3.05) is 17.7 Å². The van der Waals surface area contributed by atoms with E-state index in [0.29, 0.717) is 28.9 Å². The lowest BCUT2D eigenvalue weighted by atomic mass is 9.96. The van der Waals surface area contributed by atoms with Crippen molar-refractivity contribution in [2.24, 2.45) is 14.1 Å². The van der Waals surface area contributed by atoms with Crippen LogP contribution in [0.2, 0.25) is 0 Å². The van der Waals surface area contributed by atoms with Crippen molar-refractivity contribution in [2.45, 2.75) is 38.1 Å². The quantitative estimate of drug-likeness (QED) is 0.447. The molecule has 9 nitrogen and oxygen atoms in total. The molecule has 3 rings (SSSR count). The Hall–Kier alpha value is -3.14. The van der Waals surface area contributed by atoms with Gasteiger partial charge in [0.1, 0.15) is 22.0 Å². The molecule has 170 valence electrons. The molecule has 1 N–H and O–H groups in total. The van der Waals surface area contributed by atoms with E-state index >= 15 is 0 Å². The highest BCUT2D eigenvalue weighted by Crippen LogP contribution is 2.28. The normalized spacial score (nSPS) is 11.6. The molecule has 1 aromatic carbocycles. The fourth-order valence-electron chi connectivity index (χ4n) is 3.04. The minimum atomic E-state index is -0.492. The third-order valence-corrected chi connectivity index (χ3v) is 5.71. The van der Waals surface area contributed by atoms with Gasteiger partial charge in [-0.05, 0) is 19.1 Å². The minimum absolute atomic E-state index is 0.0160. The number of para-hydroxylation sites is 2. The van der Waals surface area contributed by atoms with E-state index in [1.54, 1.807) is 19.2 Å². The number of amides is 1. The first-order valence-corrected chi connectivity index (χ1v) is 11.2. The van der Waals surface area contributed by atoms with Crippen molar-refractivity contribution in [1.29, 1.82) is 0 Å². The fraction of sp³-hybridized carbons (Fsp3) is 0.409. The Balaban J connectivity index is 1.99. The van der Waals surface area contributed by atoms with Crippen LogP contribution in [-0.4, -0.2) is 37.4 Å². The highest BCUT2D eigenvalue weighted by Gasteiger charge is 2.24. The number of nitrogens with one attached hydrogen (secondary N) is 1. The summed E-state index contributed by atoms with van der Waals surface area (Å²) in [7, 11) is 2.98. The Morgan fingerprint density at radius 3 is 2.47 bits per heavy atom. The van der Waals surface area contributed by atoms with E-state index in [1.165, 1.54) is 11.6 Å². The maximum atomic E-state index is 12.9. The molecule has 0 radical (unpaired) electrons. The van der Waals surface area contributed by atoms with E-state index in [9.17, 15) is 14.4 Å². The van der Waals surface area contributed by atoms with E-state index in [2.05, 4.69) is 15.3 Å². The van der Waals surface area contributed by atoms with E-state index in [0.717, 1.165) is 16.3 Å². The fourth-order valence-corrected chi connectivity index (χ4v) is 3.85. The molecule has 2 aromatic heterocycles. The van der Waals surface area contributed by atoms with Crippen molar-refractivity contribution in [3.05, 3.63) is 50.9 Å². The number of aryl methyl sites for hydroxylation is 1. The summed E-state index contributed by atoms with van der Waals surface area (Å²) in [5, 5.41) is 3.42. The number of hydrogen-bond acceptors (Lipinski definition) is 7. The molecule has 0 fully saturated rings. The molecule has 0 aliphatic heterocycles. The number of carbonyl (C=O) groups excluding carboxylic acids is 1. The maximum Gasteiger partial charge on any atom is 0.332 e. The largest absolute Gasteiger partial charge is 0.492 e. The summed E-state index contributed by atoms with van der Waals surface area (Å²) in [4.78, 5) is 47.0. The monoisotopic (exact) mass is 457 g/mol. The summed E-state index contributed by atoms with van der Waals surface area (Å²) >= 11 is 1.13. The van der Waals surface area contributed by atoms with Crippen LogP contribution in [0.1, 0.15) is 33.5 Å². The SMILES string of the molecule is CCOc1ccccc1NC(=O)CSc1nc(C(C)(C)C)nc2c1c(=O)n(C)c(=O)n2C. The minimum Gasteiger partial charge on any atom is -0.492 e. The number of ether oxygens (including phenoxy) is 1. The third kappa shape index (κ3) is 4.69. The number of fused-ring (bicyclic) bond motifs is 1. The van der Waals surface area contributed by atoms with Crippen molar-refractivity contribution in [3.8, 4) is 5.75 Å². The second kappa shape index (κ2) is 9.15. The Labute approximate surface area is 189 Å². The van der Waals surface area contributed by atoms with Gasteiger partial charge in [-0.1, -0.05) is 44.7 Å². The highest BCUT2D eigenvalue weighted by molar-refractivity contribution is 8.00. The second-order valence-electron chi connectivity index (χ2n) is 8.27. The molecule has 0 atom stereocenters. The van der Waals surface area contributed by atoms with E-state index in [1.807, 2.05) is 39.8 Å². The summed E-state index contributed by atoms with van der Waals surface area (Å²) in [5.74, 6) is 0.813. The van der Waals surface area contributed by atoms with Crippen molar-refractivity contribution in [1.82, 2.24) is 19.1 Å². The second-order valence-corrected chi connectivity index (χ2v) is 9.24. The van der Waals surface area contributed by atoms with Crippen LogP contribution >= 0.6 is 11.8 Å². The number of nitrogens with zero attached hydrogens (tertiary/aromatic N) is 4. The highest BCUT2D eigenvalue weighted by atomic mass is 32.2. The lowest BCUT2D eigenvalue weighted by Gasteiger charge is -2.19. The van der Waals surface area contributed by atoms with E-state index < -0.39 is 16.7 Å². The number of anilines is 1. The van der Waals surface area contributed by atoms with Crippen LogP contribution in [-0.2, 0) is 24.3 Å². The smallest absolute Gasteiger partial charge is 0.332 e. The zero-order chi connectivity index (χ0) is 23.6. The maximum absolute atomic E-state index is 12.9.